The van der Waals surface area contributed by atoms with Crippen LogP contribution >= 0.6 is 0 Å². The molecule has 0 spiro atoms. The second-order valence-corrected chi connectivity index (χ2v) is 5.53. The lowest BCUT2D eigenvalue weighted by atomic mass is 9.97. The Bertz CT molecular complexity index is 334. The number of aliphatic hydroxyl groups excluding tert-OH is 1. The van der Waals surface area contributed by atoms with Crippen molar-refractivity contribution in [2.24, 2.45) is 0 Å². The van der Waals surface area contributed by atoms with Gasteiger partial charge in [0.15, 0.2) is 0 Å². The zero-order chi connectivity index (χ0) is 14.1. The molecule has 1 rings (SSSR count). The lowest BCUT2D eigenvalue weighted by Gasteiger charge is -2.16. The smallest absolute Gasteiger partial charge is 0.0431 e. The van der Waals surface area contributed by atoms with Gasteiger partial charge in [-0.2, -0.15) is 0 Å². The average molecular weight is 263 g/mol. The van der Waals surface area contributed by atoms with Gasteiger partial charge in [0.25, 0.3) is 0 Å². The van der Waals surface area contributed by atoms with Crippen molar-refractivity contribution >= 4 is 0 Å². The topological polar surface area (TPSA) is 23.5 Å². The van der Waals surface area contributed by atoms with Gasteiger partial charge in [-0.25, -0.2) is 0 Å². The molecule has 1 aromatic carbocycles. The molecule has 0 amide bonds. The van der Waals surface area contributed by atoms with Crippen LogP contribution in [0.4, 0.5) is 0 Å². The molecule has 0 saturated heterocycles. The first kappa shape index (κ1) is 16.2. The minimum Gasteiger partial charge on any atom is -0.396 e. The second-order valence-electron chi connectivity index (χ2n) is 5.53. The molecule has 2 nitrogen and oxygen atoms in total. The molecule has 0 aliphatic carbocycles. The summed E-state index contributed by atoms with van der Waals surface area (Å²) in [7, 11) is 2.16. The fourth-order valence-electron chi connectivity index (χ4n) is 2.17. The van der Waals surface area contributed by atoms with Crippen molar-refractivity contribution in [3.8, 4) is 0 Å². The summed E-state index contributed by atoms with van der Waals surface area (Å²) < 4.78 is 0. The Balaban J connectivity index is 2.33. The number of benzene rings is 1. The molecular weight excluding hydrogens is 234 g/mol. The number of aliphatic hydroxyl groups is 1. The highest BCUT2D eigenvalue weighted by Crippen LogP contribution is 2.18. The van der Waals surface area contributed by atoms with E-state index in [1.165, 1.54) is 17.5 Å². The number of unbranched alkanes of at least 4 members (excludes halogenated alkanes) is 1. The standard InChI is InChI=1S/C17H29NO/c1-4-15(2)17-9-7-16(8-10-17)11-13-18(3)12-5-6-14-19/h7-10,15,19H,4-6,11-14H2,1-3H3. The summed E-state index contributed by atoms with van der Waals surface area (Å²) >= 11 is 0. The van der Waals surface area contributed by atoms with Crippen LogP contribution in [-0.2, 0) is 6.42 Å². The maximum Gasteiger partial charge on any atom is 0.0431 e. The fraction of sp³-hybridized carbons (Fsp3) is 0.647. The van der Waals surface area contributed by atoms with Crippen LogP contribution in [0.3, 0.4) is 0 Å². The molecule has 1 atom stereocenters. The van der Waals surface area contributed by atoms with Gasteiger partial charge in [0.1, 0.15) is 0 Å². The average Bonchev–Trinajstić information content (AvgIpc) is 2.45. The van der Waals surface area contributed by atoms with Gasteiger partial charge in [-0.15, -0.1) is 0 Å². The molecule has 0 heterocycles. The van der Waals surface area contributed by atoms with E-state index < -0.39 is 0 Å². The van der Waals surface area contributed by atoms with E-state index in [0.29, 0.717) is 12.5 Å². The Morgan fingerprint density at radius 1 is 1.11 bits per heavy atom. The van der Waals surface area contributed by atoms with E-state index in [1.807, 2.05) is 0 Å². The predicted molar refractivity (Wildman–Crippen MR) is 82.7 cm³/mol. The summed E-state index contributed by atoms with van der Waals surface area (Å²) in [6, 6.07) is 9.08. The van der Waals surface area contributed by atoms with Crippen LogP contribution in [0.5, 0.6) is 0 Å². The Morgan fingerprint density at radius 3 is 2.37 bits per heavy atom. The van der Waals surface area contributed by atoms with Crippen LogP contribution in [0.25, 0.3) is 0 Å². The second kappa shape index (κ2) is 9.11. The highest BCUT2D eigenvalue weighted by molar-refractivity contribution is 5.25. The zero-order valence-corrected chi connectivity index (χ0v) is 12.7. The third-order valence-corrected chi connectivity index (χ3v) is 3.89. The van der Waals surface area contributed by atoms with Crippen LogP contribution in [-0.4, -0.2) is 36.8 Å². The van der Waals surface area contributed by atoms with Gasteiger partial charge in [0, 0.05) is 13.2 Å². The minimum absolute atomic E-state index is 0.310. The van der Waals surface area contributed by atoms with Crippen LogP contribution < -0.4 is 0 Å². The van der Waals surface area contributed by atoms with Gasteiger partial charge in [0.05, 0.1) is 0 Å². The monoisotopic (exact) mass is 263 g/mol. The lowest BCUT2D eigenvalue weighted by molar-refractivity contribution is 0.264. The van der Waals surface area contributed by atoms with Crippen molar-refractivity contribution in [1.29, 1.82) is 0 Å². The van der Waals surface area contributed by atoms with Gasteiger partial charge >= 0.3 is 0 Å². The highest BCUT2D eigenvalue weighted by Gasteiger charge is 2.03. The molecule has 108 valence electrons. The zero-order valence-electron chi connectivity index (χ0n) is 12.7. The van der Waals surface area contributed by atoms with E-state index in [-0.39, 0.29) is 0 Å². The van der Waals surface area contributed by atoms with Crippen molar-refractivity contribution in [3.63, 3.8) is 0 Å². The molecule has 19 heavy (non-hydrogen) atoms. The Hall–Kier alpha value is -0.860. The summed E-state index contributed by atoms with van der Waals surface area (Å²) in [6.07, 6.45) is 4.30. The minimum atomic E-state index is 0.310. The Labute approximate surface area is 118 Å². The van der Waals surface area contributed by atoms with Gasteiger partial charge in [-0.3, -0.25) is 0 Å². The molecular formula is C17H29NO. The Morgan fingerprint density at radius 2 is 1.79 bits per heavy atom. The largest absolute Gasteiger partial charge is 0.396 e. The van der Waals surface area contributed by atoms with Crippen LogP contribution in [0, 0.1) is 0 Å². The molecule has 0 aliphatic rings. The van der Waals surface area contributed by atoms with Crippen LogP contribution in [0.15, 0.2) is 24.3 Å². The molecule has 0 radical (unpaired) electrons. The van der Waals surface area contributed by atoms with Crippen molar-refractivity contribution in [3.05, 3.63) is 35.4 Å². The number of hydrogen-bond acceptors (Lipinski definition) is 2. The Kier molecular flexibility index (Phi) is 7.76. The summed E-state index contributed by atoms with van der Waals surface area (Å²) in [5.74, 6) is 0.662. The summed E-state index contributed by atoms with van der Waals surface area (Å²) in [5, 5.41) is 8.76. The number of nitrogens with zero attached hydrogens (tertiary/aromatic N) is 1. The van der Waals surface area contributed by atoms with Gasteiger partial charge in [-0.1, -0.05) is 38.1 Å². The number of hydrogen-bond donors (Lipinski definition) is 1. The maximum atomic E-state index is 8.76. The summed E-state index contributed by atoms with van der Waals surface area (Å²) in [6.45, 7) is 6.99. The van der Waals surface area contributed by atoms with E-state index in [4.69, 9.17) is 5.11 Å². The molecule has 1 aromatic rings. The van der Waals surface area contributed by atoms with Crippen LogP contribution in [0.1, 0.15) is 50.2 Å². The molecule has 0 bridgehead atoms. The fourth-order valence-corrected chi connectivity index (χ4v) is 2.17. The van der Waals surface area contributed by atoms with E-state index >= 15 is 0 Å². The third kappa shape index (κ3) is 6.22. The van der Waals surface area contributed by atoms with E-state index in [0.717, 1.165) is 32.4 Å². The highest BCUT2D eigenvalue weighted by atomic mass is 16.2. The molecule has 1 unspecified atom stereocenters. The molecule has 2 heteroatoms. The van der Waals surface area contributed by atoms with E-state index in [1.54, 1.807) is 0 Å². The normalized spacial score (nSPS) is 12.9. The molecule has 0 fully saturated rings. The quantitative estimate of drug-likeness (QED) is 0.690. The van der Waals surface area contributed by atoms with Crippen LogP contribution in [0.2, 0.25) is 0 Å². The van der Waals surface area contributed by atoms with Gasteiger partial charge < -0.3 is 10.0 Å². The molecule has 0 saturated carbocycles. The van der Waals surface area contributed by atoms with Crippen molar-refractivity contribution < 1.29 is 5.11 Å². The predicted octanol–water partition coefficient (Wildman–Crippen LogP) is 3.45. The van der Waals surface area contributed by atoms with Gasteiger partial charge in [0.2, 0.25) is 0 Å². The van der Waals surface area contributed by atoms with Gasteiger partial charge in [-0.05, 0) is 56.3 Å². The SMILES string of the molecule is CCC(C)c1ccc(CCN(C)CCCCO)cc1. The first-order chi connectivity index (χ1) is 9.17. The first-order valence-corrected chi connectivity index (χ1v) is 7.55. The summed E-state index contributed by atoms with van der Waals surface area (Å²) in [4.78, 5) is 2.35. The first-order valence-electron chi connectivity index (χ1n) is 7.55. The molecule has 0 aromatic heterocycles. The van der Waals surface area contributed by atoms with Crippen molar-refractivity contribution in [1.82, 2.24) is 4.90 Å². The van der Waals surface area contributed by atoms with E-state index in [2.05, 4.69) is 50.1 Å². The maximum absolute atomic E-state index is 8.76. The summed E-state index contributed by atoms with van der Waals surface area (Å²) in [5.41, 5.74) is 2.86. The third-order valence-electron chi connectivity index (χ3n) is 3.89. The lowest BCUT2D eigenvalue weighted by Crippen LogP contribution is -2.22. The molecule has 0 aliphatic heterocycles. The van der Waals surface area contributed by atoms with E-state index in [9.17, 15) is 0 Å². The van der Waals surface area contributed by atoms with Crippen molar-refractivity contribution in [2.75, 3.05) is 26.7 Å². The molecule has 1 N–H and O–H groups in total. The van der Waals surface area contributed by atoms with Crippen molar-refractivity contribution in [2.45, 2.75) is 45.4 Å². The number of likely N-dealkylation sites (N-methyl/N-ethyl adjacent to an activating group) is 1. The number of rotatable bonds is 9.